The third-order valence-electron chi connectivity index (χ3n) is 1.59. The van der Waals surface area contributed by atoms with Crippen molar-refractivity contribution in [1.29, 1.82) is 0 Å². The minimum atomic E-state index is -0.373. The lowest BCUT2D eigenvalue weighted by molar-refractivity contribution is 1.16. The highest BCUT2D eigenvalue weighted by atomic mass is 35.5. The predicted molar refractivity (Wildman–Crippen MR) is 49.6 cm³/mol. The number of nitrogens with two attached hydrogens (primary N) is 1. The number of nitrogens with one attached hydrogen (secondary N) is 1. The van der Waals surface area contributed by atoms with Crippen molar-refractivity contribution in [2.45, 2.75) is 0 Å². The quantitative estimate of drug-likeness (QED) is 0.603. The zero-order valence-electron chi connectivity index (χ0n) is 6.41. The van der Waals surface area contributed by atoms with Gasteiger partial charge in [0, 0.05) is 11.6 Å². The average Bonchev–Trinajstić information content (AvgIpc) is 2.08. The van der Waals surface area contributed by atoms with E-state index in [1.165, 1.54) is 12.3 Å². The summed E-state index contributed by atoms with van der Waals surface area (Å²) in [7, 11) is 0. The van der Waals surface area contributed by atoms with Crippen molar-refractivity contribution in [2.24, 2.45) is 0 Å². The number of hydrogen-bond donors (Lipinski definition) is 2. The molecule has 0 aliphatic heterocycles. The number of pyridine rings is 1. The molecule has 0 unspecified atom stereocenters. The van der Waals surface area contributed by atoms with Crippen LogP contribution < -0.4 is 11.3 Å². The van der Waals surface area contributed by atoms with Crippen LogP contribution in [-0.2, 0) is 0 Å². The van der Waals surface area contributed by atoms with Crippen molar-refractivity contribution in [2.75, 3.05) is 5.73 Å². The standard InChI is InChI=1S/C7H5ClN4O/c8-7-10-2-3-1-4(9)6(13)11-5(3)12-7/h1-2H,9H2,(H,10,11,12,13). The van der Waals surface area contributed by atoms with Gasteiger partial charge in [-0.3, -0.25) is 4.79 Å². The van der Waals surface area contributed by atoms with Gasteiger partial charge in [0.25, 0.3) is 5.56 Å². The molecule has 0 aliphatic carbocycles. The third-order valence-corrected chi connectivity index (χ3v) is 1.77. The molecule has 66 valence electrons. The molecular formula is C7H5ClN4O. The zero-order valence-corrected chi connectivity index (χ0v) is 7.17. The van der Waals surface area contributed by atoms with Crippen LogP contribution >= 0.6 is 11.6 Å². The van der Waals surface area contributed by atoms with Gasteiger partial charge in [-0.2, -0.15) is 4.98 Å². The lowest BCUT2D eigenvalue weighted by Crippen LogP contribution is -2.11. The van der Waals surface area contributed by atoms with Gasteiger partial charge in [-0.1, -0.05) is 0 Å². The fourth-order valence-corrected chi connectivity index (χ4v) is 1.12. The van der Waals surface area contributed by atoms with Gasteiger partial charge >= 0.3 is 0 Å². The Bertz CT molecular complexity index is 521. The summed E-state index contributed by atoms with van der Waals surface area (Å²) < 4.78 is 0. The van der Waals surface area contributed by atoms with Crippen LogP contribution in [0.3, 0.4) is 0 Å². The number of halogens is 1. The largest absolute Gasteiger partial charge is 0.394 e. The number of hydrogen-bond acceptors (Lipinski definition) is 4. The molecule has 0 radical (unpaired) electrons. The summed E-state index contributed by atoms with van der Waals surface area (Å²) in [6, 6.07) is 1.50. The number of H-pyrrole nitrogens is 1. The molecule has 6 heteroatoms. The fraction of sp³-hybridized carbons (Fsp3) is 0. The zero-order chi connectivity index (χ0) is 9.42. The van der Waals surface area contributed by atoms with Crippen molar-refractivity contribution in [1.82, 2.24) is 15.0 Å². The van der Waals surface area contributed by atoms with Crippen LogP contribution in [-0.4, -0.2) is 15.0 Å². The first kappa shape index (κ1) is 8.00. The van der Waals surface area contributed by atoms with Crippen molar-refractivity contribution in [3.8, 4) is 0 Å². The van der Waals surface area contributed by atoms with Crippen molar-refractivity contribution in [3.05, 3.63) is 27.9 Å². The predicted octanol–water partition coefficient (Wildman–Crippen LogP) is 0.554. The van der Waals surface area contributed by atoms with Gasteiger partial charge in [-0.25, -0.2) is 4.98 Å². The molecule has 0 saturated carbocycles. The minimum Gasteiger partial charge on any atom is -0.394 e. The number of anilines is 1. The summed E-state index contributed by atoms with van der Waals surface area (Å²) in [6.07, 6.45) is 1.50. The average molecular weight is 197 g/mol. The minimum absolute atomic E-state index is 0.0907. The molecule has 13 heavy (non-hydrogen) atoms. The van der Waals surface area contributed by atoms with Gasteiger partial charge < -0.3 is 10.7 Å². The molecule has 0 amide bonds. The summed E-state index contributed by atoms with van der Waals surface area (Å²) >= 11 is 5.54. The Labute approximate surface area is 77.6 Å². The van der Waals surface area contributed by atoms with E-state index in [4.69, 9.17) is 17.3 Å². The maximum atomic E-state index is 11.1. The fourth-order valence-electron chi connectivity index (χ4n) is 0.988. The maximum absolute atomic E-state index is 11.1. The number of aromatic amines is 1. The molecule has 2 aromatic heterocycles. The van der Waals surface area contributed by atoms with E-state index in [9.17, 15) is 4.79 Å². The van der Waals surface area contributed by atoms with E-state index in [0.29, 0.717) is 11.0 Å². The lowest BCUT2D eigenvalue weighted by atomic mass is 10.3. The molecule has 0 fully saturated rings. The topological polar surface area (TPSA) is 84.7 Å². The first-order valence-corrected chi connectivity index (χ1v) is 3.85. The van der Waals surface area contributed by atoms with Gasteiger partial charge in [0.1, 0.15) is 5.65 Å². The maximum Gasteiger partial charge on any atom is 0.272 e. The molecule has 0 spiro atoms. The second-order valence-corrected chi connectivity index (χ2v) is 2.83. The van der Waals surface area contributed by atoms with E-state index >= 15 is 0 Å². The number of nitrogens with zero attached hydrogens (tertiary/aromatic N) is 2. The van der Waals surface area contributed by atoms with E-state index in [1.54, 1.807) is 0 Å². The van der Waals surface area contributed by atoms with Gasteiger partial charge in [0.15, 0.2) is 0 Å². The van der Waals surface area contributed by atoms with E-state index in [1.807, 2.05) is 0 Å². The summed E-state index contributed by atoms with van der Waals surface area (Å²) in [5.74, 6) is 0. The number of fused-ring (bicyclic) bond motifs is 1. The lowest BCUT2D eigenvalue weighted by Gasteiger charge is -1.97. The number of aromatic nitrogens is 3. The molecule has 0 saturated heterocycles. The number of rotatable bonds is 0. The second kappa shape index (κ2) is 2.70. The highest BCUT2D eigenvalue weighted by Gasteiger charge is 2.01. The summed E-state index contributed by atoms with van der Waals surface area (Å²) in [5.41, 5.74) is 5.54. The van der Waals surface area contributed by atoms with Crippen LogP contribution in [0, 0.1) is 0 Å². The van der Waals surface area contributed by atoms with Gasteiger partial charge in [0.2, 0.25) is 5.28 Å². The van der Waals surface area contributed by atoms with Gasteiger partial charge in [-0.15, -0.1) is 0 Å². The third kappa shape index (κ3) is 1.33. The van der Waals surface area contributed by atoms with Crippen molar-refractivity contribution < 1.29 is 0 Å². The van der Waals surface area contributed by atoms with E-state index < -0.39 is 0 Å². The Morgan fingerprint density at radius 3 is 3.08 bits per heavy atom. The van der Waals surface area contributed by atoms with Gasteiger partial charge in [-0.05, 0) is 17.7 Å². The molecule has 3 N–H and O–H groups in total. The molecule has 2 aromatic rings. The molecule has 0 aromatic carbocycles. The normalized spacial score (nSPS) is 10.5. The van der Waals surface area contributed by atoms with Crippen LogP contribution in [0.2, 0.25) is 5.28 Å². The monoisotopic (exact) mass is 196 g/mol. The molecule has 0 atom stereocenters. The first-order valence-electron chi connectivity index (χ1n) is 3.48. The van der Waals surface area contributed by atoms with E-state index in [-0.39, 0.29) is 16.5 Å². The SMILES string of the molecule is Nc1cc2cnc(Cl)nc2[nH]c1=O. The van der Waals surface area contributed by atoms with Crippen LogP contribution in [0.25, 0.3) is 11.0 Å². The highest BCUT2D eigenvalue weighted by molar-refractivity contribution is 6.28. The molecule has 2 heterocycles. The van der Waals surface area contributed by atoms with E-state index in [2.05, 4.69) is 15.0 Å². The highest BCUT2D eigenvalue weighted by Crippen LogP contribution is 2.10. The van der Waals surface area contributed by atoms with E-state index in [0.717, 1.165) is 0 Å². The Morgan fingerprint density at radius 1 is 1.54 bits per heavy atom. The second-order valence-electron chi connectivity index (χ2n) is 2.50. The Kier molecular flexibility index (Phi) is 1.66. The van der Waals surface area contributed by atoms with Crippen LogP contribution in [0.1, 0.15) is 0 Å². The van der Waals surface area contributed by atoms with Crippen molar-refractivity contribution >= 4 is 28.3 Å². The first-order chi connectivity index (χ1) is 6.16. The van der Waals surface area contributed by atoms with Crippen LogP contribution in [0.4, 0.5) is 5.69 Å². The Balaban J connectivity index is 2.89. The Hall–Kier alpha value is -1.62. The van der Waals surface area contributed by atoms with Crippen molar-refractivity contribution in [3.63, 3.8) is 0 Å². The molecule has 5 nitrogen and oxygen atoms in total. The Morgan fingerprint density at radius 2 is 2.31 bits per heavy atom. The molecule has 0 aliphatic rings. The molecule has 2 rings (SSSR count). The van der Waals surface area contributed by atoms with Crippen LogP contribution in [0.5, 0.6) is 0 Å². The number of nitrogen functional groups attached to an aromatic ring is 1. The summed E-state index contributed by atoms with van der Waals surface area (Å²) in [4.78, 5) is 21.1. The smallest absolute Gasteiger partial charge is 0.272 e. The molecule has 0 bridgehead atoms. The summed E-state index contributed by atoms with van der Waals surface area (Å²) in [5, 5.41) is 0.745. The molecular weight excluding hydrogens is 192 g/mol. The summed E-state index contributed by atoms with van der Waals surface area (Å²) in [6.45, 7) is 0. The van der Waals surface area contributed by atoms with Crippen LogP contribution in [0.15, 0.2) is 17.1 Å². The van der Waals surface area contributed by atoms with Gasteiger partial charge in [0.05, 0.1) is 5.69 Å².